The number of benzene rings is 1. The van der Waals surface area contributed by atoms with Gasteiger partial charge in [-0.3, -0.25) is 5.10 Å². The number of sulfonamides is 1. The minimum absolute atomic E-state index is 0.373. The minimum atomic E-state index is -3.47. The van der Waals surface area contributed by atoms with Gasteiger partial charge in [0.25, 0.3) is 10.0 Å². The van der Waals surface area contributed by atoms with Crippen molar-refractivity contribution < 1.29 is 8.42 Å². The summed E-state index contributed by atoms with van der Waals surface area (Å²) in [5.74, 6) is 0. The van der Waals surface area contributed by atoms with E-state index in [1.54, 1.807) is 10.4 Å². The van der Waals surface area contributed by atoms with Gasteiger partial charge in [-0.1, -0.05) is 24.3 Å². The SMILES string of the molecule is Cc1cc(-c2ccc(S(=O)(=O)N3CCc4ccccc4C3)s2)n[nH]1. The summed E-state index contributed by atoms with van der Waals surface area (Å²) in [6, 6.07) is 13.5. The minimum Gasteiger partial charge on any atom is -0.282 e. The van der Waals surface area contributed by atoms with Crippen LogP contribution < -0.4 is 0 Å². The first-order chi connectivity index (χ1) is 11.5. The number of hydrogen-bond donors (Lipinski definition) is 1. The second-order valence-electron chi connectivity index (χ2n) is 5.91. The van der Waals surface area contributed by atoms with Crippen LogP contribution in [0.3, 0.4) is 0 Å². The standard InChI is InChI=1S/C17H17N3O2S2/c1-12-10-15(19-18-12)16-6-7-17(23-16)24(21,22)20-9-8-13-4-2-3-5-14(13)11-20/h2-7,10H,8-9,11H2,1H3,(H,18,19). The number of thiophene rings is 1. The summed E-state index contributed by atoms with van der Waals surface area (Å²) in [5.41, 5.74) is 4.06. The van der Waals surface area contributed by atoms with Crippen molar-refractivity contribution in [2.24, 2.45) is 0 Å². The lowest BCUT2D eigenvalue weighted by Gasteiger charge is -2.27. The number of hydrogen-bond acceptors (Lipinski definition) is 4. The summed E-state index contributed by atoms with van der Waals surface area (Å²) < 4.78 is 27.9. The number of aromatic amines is 1. The number of fused-ring (bicyclic) bond motifs is 1. The molecule has 0 spiro atoms. The summed E-state index contributed by atoms with van der Waals surface area (Å²) in [5, 5.41) is 7.09. The summed E-state index contributed by atoms with van der Waals surface area (Å²) in [6.45, 7) is 2.88. The fourth-order valence-corrected chi connectivity index (χ4v) is 5.78. The smallest absolute Gasteiger partial charge is 0.252 e. The number of aromatic nitrogens is 2. The highest BCUT2D eigenvalue weighted by molar-refractivity contribution is 7.91. The molecule has 7 heteroatoms. The molecule has 0 fully saturated rings. The summed E-state index contributed by atoms with van der Waals surface area (Å²) >= 11 is 1.27. The van der Waals surface area contributed by atoms with Gasteiger partial charge in [0.15, 0.2) is 0 Å². The van der Waals surface area contributed by atoms with Crippen molar-refractivity contribution in [1.82, 2.24) is 14.5 Å². The third-order valence-electron chi connectivity index (χ3n) is 4.23. The van der Waals surface area contributed by atoms with Gasteiger partial charge in [0.1, 0.15) is 9.90 Å². The molecule has 0 unspecified atom stereocenters. The van der Waals surface area contributed by atoms with Crippen molar-refractivity contribution in [3.8, 4) is 10.6 Å². The lowest BCUT2D eigenvalue weighted by atomic mass is 10.0. The lowest BCUT2D eigenvalue weighted by Crippen LogP contribution is -2.35. The van der Waals surface area contributed by atoms with E-state index in [4.69, 9.17) is 0 Å². The van der Waals surface area contributed by atoms with Crippen LogP contribution in [0.1, 0.15) is 16.8 Å². The molecule has 0 amide bonds. The lowest BCUT2D eigenvalue weighted by molar-refractivity contribution is 0.392. The topological polar surface area (TPSA) is 66.1 Å². The molecule has 4 rings (SSSR count). The number of H-pyrrole nitrogens is 1. The quantitative estimate of drug-likeness (QED) is 0.781. The van der Waals surface area contributed by atoms with Gasteiger partial charge in [0.2, 0.25) is 0 Å². The average molecular weight is 359 g/mol. The highest BCUT2D eigenvalue weighted by atomic mass is 32.2. The van der Waals surface area contributed by atoms with Gasteiger partial charge in [-0.25, -0.2) is 8.42 Å². The van der Waals surface area contributed by atoms with E-state index in [2.05, 4.69) is 16.3 Å². The Balaban J connectivity index is 1.63. The molecule has 3 aromatic rings. The molecule has 0 atom stereocenters. The molecule has 5 nitrogen and oxygen atoms in total. The summed E-state index contributed by atoms with van der Waals surface area (Å²) in [7, 11) is -3.47. The van der Waals surface area contributed by atoms with E-state index >= 15 is 0 Å². The highest BCUT2D eigenvalue weighted by Crippen LogP contribution is 2.33. The first-order valence-corrected chi connectivity index (χ1v) is 9.99. The molecule has 1 N–H and O–H groups in total. The van der Waals surface area contributed by atoms with Crippen molar-refractivity contribution in [2.75, 3.05) is 6.54 Å². The van der Waals surface area contributed by atoms with Crippen LogP contribution in [0.2, 0.25) is 0 Å². The predicted molar refractivity (Wildman–Crippen MR) is 94.4 cm³/mol. The molecule has 24 heavy (non-hydrogen) atoms. The average Bonchev–Trinajstić information content (AvgIpc) is 3.23. The third kappa shape index (κ3) is 2.68. The van der Waals surface area contributed by atoms with E-state index < -0.39 is 10.0 Å². The Kier molecular flexibility index (Phi) is 3.79. The van der Waals surface area contributed by atoms with E-state index in [-0.39, 0.29) is 0 Å². The van der Waals surface area contributed by atoms with Crippen LogP contribution in [0, 0.1) is 6.92 Å². The van der Waals surface area contributed by atoms with Gasteiger partial charge in [0, 0.05) is 18.8 Å². The van der Waals surface area contributed by atoms with Gasteiger partial charge in [-0.05, 0) is 42.7 Å². The van der Waals surface area contributed by atoms with E-state index in [0.717, 1.165) is 28.2 Å². The van der Waals surface area contributed by atoms with Crippen LogP contribution in [0.5, 0.6) is 0 Å². The Bertz CT molecular complexity index is 989. The van der Waals surface area contributed by atoms with Crippen molar-refractivity contribution in [3.63, 3.8) is 0 Å². The molecule has 1 aliphatic rings. The zero-order valence-electron chi connectivity index (χ0n) is 13.2. The summed E-state index contributed by atoms with van der Waals surface area (Å²) in [4.78, 5) is 0.857. The molecule has 2 aromatic heterocycles. The molecular weight excluding hydrogens is 342 g/mol. The van der Waals surface area contributed by atoms with Crippen LogP contribution in [-0.4, -0.2) is 29.5 Å². The molecule has 3 heterocycles. The van der Waals surface area contributed by atoms with Gasteiger partial charge in [-0.2, -0.15) is 9.40 Å². The maximum atomic E-state index is 13.0. The van der Waals surface area contributed by atoms with Crippen LogP contribution in [0.4, 0.5) is 0 Å². The van der Waals surface area contributed by atoms with Crippen LogP contribution in [0.25, 0.3) is 10.6 Å². The Morgan fingerprint density at radius 2 is 1.96 bits per heavy atom. The molecule has 0 aliphatic carbocycles. The molecule has 1 aliphatic heterocycles. The van der Waals surface area contributed by atoms with Crippen LogP contribution in [0.15, 0.2) is 46.7 Å². The number of nitrogens with one attached hydrogen (secondary N) is 1. The van der Waals surface area contributed by atoms with Crippen molar-refractivity contribution >= 4 is 21.4 Å². The Hall–Kier alpha value is -1.96. The first-order valence-electron chi connectivity index (χ1n) is 7.73. The molecule has 0 radical (unpaired) electrons. The highest BCUT2D eigenvalue weighted by Gasteiger charge is 2.29. The third-order valence-corrected chi connectivity index (χ3v) is 7.65. The van der Waals surface area contributed by atoms with Gasteiger partial charge >= 0.3 is 0 Å². The molecule has 0 saturated carbocycles. The first kappa shape index (κ1) is 15.6. The maximum Gasteiger partial charge on any atom is 0.252 e. The second-order valence-corrected chi connectivity index (χ2v) is 9.16. The summed E-state index contributed by atoms with van der Waals surface area (Å²) in [6.07, 6.45) is 0.756. The van der Waals surface area contributed by atoms with E-state index in [9.17, 15) is 8.42 Å². The van der Waals surface area contributed by atoms with E-state index in [0.29, 0.717) is 17.3 Å². The van der Waals surface area contributed by atoms with Crippen LogP contribution in [-0.2, 0) is 23.0 Å². The van der Waals surface area contributed by atoms with Crippen molar-refractivity contribution in [2.45, 2.75) is 24.1 Å². The van der Waals surface area contributed by atoms with Crippen molar-refractivity contribution in [1.29, 1.82) is 0 Å². The molecule has 1 aromatic carbocycles. The van der Waals surface area contributed by atoms with Gasteiger partial charge in [-0.15, -0.1) is 11.3 Å². The Morgan fingerprint density at radius 1 is 1.17 bits per heavy atom. The number of rotatable bonds is 3. The largest absolute Gasteiger partial charge is 0.282 e. The molecule has 124 valence electrons. The predicted octanol–water partition coefficient (Wildman–Crippen LogP) is 3.19. The second kappa shape index (κ2) is 5.84. The zero-order chi connectivity index (χ0) is 16.7. The molecule has 0 saturated heterocycles. The normalized spacial score (nSPS) is 15.4. The van der Waals surface area contributed by atoms with Crippen LogP contribution >= 0.6 is 11.3 Å². The fourth-order valence-electron chi connectivity index (χ4n) is 2.94. The van der Waals surface area contributed by atoms with Gasteiger partial charge < -0.3 is 0 Å². The number of nitrogens with zero attached hydrogens (tertiary/aromatic N) is 2. The Morgan fingerprint density at radius 3 is 2.71 bits per heavy atom. The zero-order valence-corrected chi connectivity index (χ0v) is 14.8. The molecular formula is C17H17N3O2S2. The van der Waals surface area contributed by atoms with E-state index in [1.165, 1.54) is 16.9 Å². The maximum absolute atomic E-state index is 13.0. The Labute approximate surface area is 145 Å². The molecule has 0 bridgehead atoms. The monoisotopic (exact) mass is 359 g/mol. The van der Waals surface area contributed by atoms with Gasteiger partial charge in [0.05, 0.1) is 4.88 Å². The van der Waals surface area contributed by atoms with E-state index in [1.807, 2.05) is 37.3 Å². The number of aryl methyl sites for hydroxylation is 1. The fraction of sp³-hybridized carbons (Fsp3) is 0.235. The van der Waals surface area contributed by atoms with Crippen molar-refractivity contribution in [3.05, 3.63) is 59.3 Å².